The van der Waals surface area contributed by atoms with Crippen molar-refractivity contribution in [1.82, 2.24) is 4.57 Å². The van der Waals surface area contributed by atoms with Crippen LogP contribution in [0.4, 0.5) is 5.69 Å². The van der Waals surface area contributed by atoms with E-state index in [9.17, 15) is 13.2 Å². The molecule has 5 nitrogen and oxygen atoms in total. The van der Waals surface area contributed by atoms with Gasteiger partial charge >= 0.3 is 4.87 Å². The molecule has 7 heteroatoms. The zero-order chi connectivity index (χ0) is 19.0. The van der Waals surface area contributed by atoms with E-state index in [0.717, 1.165) is 52.8 Å². The predicted molar refractivity (Wildman–Crippen MR) is 110 cm³/mol. The number of hydrogen-bond acceptors (Lipinski definition) is 4. The van der Waals surface area contributed by atoms with E-state index in [1.165, 1.54) is 5.56 Å². The Hall–Kier alpha value is -2.38. The molecule has 4 rings (SSSR count). The second-order valence-corrected chi connectivity index (χ2v) is 9.37. The van der Waals surface area contributed by atoms with Gasteiger partial charge in [0.05, 0.1) is 20.8 Å². The fourth-order valence-electron chi connectivity index (χ4n) is 3.52. The molecule has 0 atom stereocenters. The smallest absolute Gasteiger partial charge is 0.295 e. The van der Waals surface area contributed by atoms with E-state index >= 15 is 0 Å². The van der Waals surface area contributed by atoms with Gasteiger partial charge in [0.25, 0.3) is 10.0 Å². The van der Waals surface area contributed by atoms with Crippen LogP contribution in [-0.2, 0) is 29.4 Å². The molecule has 0 spiro atoms. The molecule has 0 unspecified atom stereocenters. The molecule has 0 saturated heterocycles. The van der Waals surface area contributed by atoms with Gasteiger partial charge in [-0.3, -0.25) is 14.1 Å². The summed E-state index contributed by atoms with van der Waals surface area (Å²) in [5, 5.41) is 0. The molecule has 0 saturated carbocycles. The van der Waals surface area contributed by atoms with Gasteiger partial charge in [0, 0.05) is 6.54 Å². The average Bonchev–Trinajstić information content (AvgIpc) is 2.96. The van der Waals surface area contributed by atoms with E-state index in [-0.39, 0.29) is 9.77 Å². The lowest BCUT2D eigenvalue weighted by atomic mass is 9.92. The molecule has 3 aromatic rings. The number of anilines is 1. The monoisotopic (exact) mass is 400 g/mol. The predicted octanol–water partition coefficient (Wildman–Crippen LogP) is 3.93. The van der Waals surface area contributed by atoms with Gasteiger partial charge in [0.15, 0.2) is 0 Å². The highest BCUT2D eigenvalue weighted by Gasteiger charge is 2.18. The fraction of sp³-hybridized carbons (Fsp3) is 0.250. The lowest BCUT2D eigenvalue weighted by Gasteiger charge is -2.17. The minimum absolute atomic E-state index is 0.0837. The highest BCUT2D eigenvalue weighted by atomic mass is 32.2. The second-order valence-electron chi connectivity index (χ2n) is 6.69. The number of aromatic nitrogens is 1. The Balaban J connectivity index is 1.66. The molecule has 0 aliphatic heterocycles. The summed E-state index contributed by atoms with van der Waals surface area (Å²) in [5.41, 5.74) is 3.60. The van der Waals surface area contributed by atoms with Gasteiger partial charge in [0.1, 0.15) is 0 Å². The molecule has 0 amide bonds. The summed E-state index contributed by atoms with van der Waals surface area (Å²) < 4.78 is 30.6. The van der Waals surface area contributed by atoms with Crippen molar-refractivity contribution in [3.63, 3.8) is 0 Å². The summed E-state index contributed by atoms with van der Waals surface area (Å²) in [6.45, 7) is 4.10. The molecule has 0 fully saturated rings. The lowest BCUT2D eigenvalue weighted by Crippen LogP contribution is -2.14. The van der Waals surface area contributed by atoms with Crippen LogP contribution in [0.1, 0.15) is 24.0 Å². The largest absolute Gasteiger partial charge is 0.308 e. The molecule has 140 valence electrons. The number of rotatable bonds is 5. The quantitative estimate of drug-likeness (QED) is 0.660. The van der Waals surface area contributed by atoms with Crippen molar-refractivity contribution < 1.29 is 8.42 Å². The summed E-state index contributed by atoms with van der Waals surface area (Å²) >= 11 is 1.10. The fourth-order valence-corrected chi connectivity index (χ4v) is 5.56. The highest BCUT2D eigenvalue weighted by molar-refractivity contribution is 7.92. The number of aryl methyl sites for hydroxylation is 2. The van der Waals surface area contributed by atoms with Crippen molar-refractivity contribution in [2.75, 3.05) is 4.72 Å². The molecule has 0 radical (unpaired) electrons. The van der Waals surface area contributed by atoms with Gasteiger partial charge in [-0.05, 0) is 67.1 Å². The van der Waals surface area contributed by atoms with Gasteiger partial charge < -0.3 is 0 Å². The molecule has 1 aliphatic carbocycles. The van der Waals surface area contributed by atoms with Crippen LogP contribution in [0.25, 0.3) is 10.2 Å². The number of hydrogen-bond donors (Lipinski definition) is 1. The molecule has 1 heterocycles. The summed E-state index contributed by atoms with van der Waals surface area (Å²) in [7, 11) is -3.68. The van der Waals surface area contributed by atoms with Crippen molar-refractivity contribution in [1.29, 1.82) is 0 Å². The number of benzene rings is 2. The maximum absolute atomic E-state index is 12.8. The summed E-state index contributed by atoms with van der Waals surface area (Å²) in [6, 6.07) is 10.5. The number of nitrogens with one attached hydrogen (secondary N) is 1. The van der Waals surface area contributed by atoms with Crippen LogP contribution < -0.4 is 9.60 Å². The number of fused-ring (bicyclic) bond motifs is 2. The van der Waals surface area contributed by atoms with E-state index in [1.54, 1.807) is 41.0 Å². The van der Waals surface area contributed by atoms with Gasteiger partial charge in [-0.1, -0.05) is 23.5 Å². The third-order valence-corrected chi connectivity index (χ3v) is 7.18. The molecule has 1 aliphatic rings. The Kier molecular flexibility index (Phi) is 4.65. The normalized spacial score (nSPS) is 14.1. The highest BCUT2D eigenvalue weighted by Crippen LogP contribution is 2.27. The van der Waals surface area contributed by atoms with Crippen LogP contribution in [0, 0.1) is 0 Å². The Morgan fingerprint density at radius 1 is 1.11 bits per heavy atom. The van der Waals surface area contributed by atoms with Crippen LogP contribution in [-0.4, -0.2) is 13.0 Å². The van der Waals surface area contributed by atoms with Crippen molar-refractivity contribution in [3.8, 4) is 0 Å². The van der Waals surface area contributed by atoms with Crippen molar-refractivity contribution in [3.05, 3.63) is 69.8 Å². The summed E-state index contributed by atoms with van der Waals surface area (Å²) in [6.07, 6.45) is 5.86. The van der Waals surface area contributed by atoms with E-state index in [1.807, 2.05) is 6.07 Å². The molecular formula is C20H20N2O3S2. The molecule has 1 N–H and O–H groups in total. The van der Waals surface area contributed by atoms with Gasteiger partial charge in [-0.15, -0.1) is 6.58 Å². The standard InChI is InChI=1S/C20H20N2O3S2/c1-2-11-22-18-10-8-16(13-19(18)26-20(22)23)21-27(24,25)17-9-7-14-5-3-4-6-15(14)12-17/h2,7-10,12-13,21H,1,3-6,11H2. The molecule has 2 aromatic carbocycles. The zero-order valence-electron chi connectivity index (χ0n) is 14.8. The molecule has 0 bridgehead atoms. The number of nitrogens with zero attached hydrogens (tertiary/aromatic N) is 1. The van der Waals surface area contributed by atoms with E-state index < -0.39 is 10.0 Å². The first-order valence-electron chi connectivity index (χ1n) is 8.87. The SMILES string of the molecule is C=CCn1c(=O)sc2cc(NS(=O)(=O)c3ccc4c(c3)CCCC4)ccc21. The molecular weight excluding hydrogens is 380 g/mol. The van der Waals surface area contributed by atoms with Crippen LogP contribution in [0.2, 0.25) is 0 Å². The average molecular weight is 401 g/mol. The van der Waals surface area contributed by atoms with Gasteiger partial charge in [-0.2, -0.15) is 0 Å². The van der Waals surface area contributed by atoms with Crippen LogP contribution in [0.15, 0.2) is 58.7 Å². The van der Waals surface area contributed by atoms with E-state index in [0.29, 0.717) is 12.2 Å². The minimum Gasteiger partial charge on any atom is -0.295 e. The lowest BCUT2D eigenvalue weighted by molar-refractivity contribution is 0.600. The Labute approximate surface area is 162 Å². The Morgan fingerprint density at radius 2 is 1.89 bits per heavy atom. The zero-order valence-corrected chi connectivity index (χ0v) is 16.4. The summed E-state index contributed by atoms with van der Waals surface area (Å²) in [4.78, 5) is 12.3. The molecule has 1 aromatic heterocycles. The first-order chi connectivity index (χ1) is 13.0. The van der Waals surface area contributed by atoms with Crippen LogP contribution >= 0.6 is 11.3 Å². The minimum atomic E-state index is -3.68. The van der Waals surface area contributed by atoms with Crippen molar-refractivity contribution in [2.24, 2.45) is 0 Å². The molecule has 27 heavy (non-hydrogen) atoms. The van der Waals surface area contributed by atoms with Crippen LogP contribution in [0.3, 0.4) is 0 Å². The van der Waals surface area contributed by atoms with Gasteiger partial charge in [0.2, 0.25) is 0 Å². The summed E-state index contributed by atoms with van der Waals surface area (Å²) in [5.74, 6) is 0. The number of thiazole rings is 1. The first-order valence-corrected chi connectivity index (χ1v) is 11.2. The first kappa shape index (κ1) is 18.0. The Morgan fingerprint density at radius 3 is 2.67 bits per heavy atom. The van der Waals surface area contributed by atoms with Crippen molar-refractivity contribution >= 4 is 37.3 Å². The van der Waals surface area contributed by atoms with E-state index in [2.05, 4.69) is 11.3 Å². The van der Waals surface area contributed by atoms with E-state index in [4.69, 9.17) is 0 Å². The number of sulfonamides is 1. The second kappa shape index (κ2) is 6.98. The number of allylic oxidation sites excluding steroid dienone is 1. The maximum Gasteiger partial charge on any atom is 0.308 e. The van der Waals surface area contributed by atoms with Crippen molar-refractivity contribution in [2.45, 2.75) is 37.1 Å². The third kappa shape index (κ3) is 3.44. The Bertz CT molecular complexity index is 1190. The topological polar surface area (TPSA) is 68.2 Å². The van der Waals surface area contributed by atoms with Crippen LogP contribution in [0.5, 0.6) is 0 Å². The third-order valence-electron chi connectivity index (χ3n) is 4.86. The maximum atomic E-state index is 12.8. The van der Waals surface area contributed by atoms with Gasteiger partial charge in [-0.25, -0.2) is 8.42 Å².